The lowest BCUT2D eigenvalue weighted by molar-refractivity contribution is 0.302. The summed E-state index contributed by atoms with van der Waals surface area (Å²) in [6.07, 6.45) is 0. The van der Waals surface area contributed by atoms with Crippen LogP contribution >= 0.6 is 59.4 Å². The monoisotopic (exact) mass is 496 g/mol. The molecule has 0 radical (unpaired) electrons. The van der Waals surface area contributed by atoms with E-state index in [-0.39, 0.29) is 0 Å². The summed E-state index contributed by atoms with van der Waals surface area (Å²) in [5.74, 6) is 2.02. The lowest BCUT2D eigenvalue weighted by Crippen LogP contribution is -1.98. The summed E-state index contributed by atoms with van der Waals surface area (Å²) in [5.41, 5.74) is 2.07. The number of alkyl halides is 1. The van der Waals surface area contributed by atoms with Crippen LogP contribution in [0.15, 0.2) is 43.7 Å². The summed E-state index contributed by atoms with van der Waals surface area (Å²) >= 11 is 16.3. The van der Waals surface area contributed by atoms with Gasteiger partial charge >= 0.3 is 0 Å². The van der Waals surface area contributed by atoms with Gasteiger partial charge in [-0.05, 0) is 83.2 Å². The van der Waals surface area contributed by atoms with E-state index in [1.54, 1.807) is 7.11 Å². The van der Waals surface area contributed by atoms with Crippen LogP contribution in [0, 0.1) is 0 Å². The van der Waals surface area contributed by atoms with Gasteiger partial charge in [0, 0.05) is 5.88 Å². The highest BCUT2D eigenvalue weighted by molar-refractivity contribution is 9.11. The topological polar surface area (TPSA) is 18.5 Å². The first-order valence-electron chi connectivity index (χ1n) is 6.04. The van der Waals surface area contributed by atoms with Gasteiger partial charge < -0.3 is 9.47 Å². The highest BCUT2D eigenvalue weighted by Crippen LogP contribution is 2.36. The molecular formula is C15H12Br3ClO2. The van der Waals surface area contributed by atoms with Crippen molar-refractivity contribution in [2.75, 3.05) is 7.11 Å². The number of methoxy groups -OCH3 is 1. The van der Waals surface area contributed by atoms with E-state index in [0.717, 1.165) is 36.0 Å². The predicted molar refractivity (Wildman–Crippen MR) is 96.4 cm³/mol. The second-order valence-electron chi connectivity index (χ2n) is 4.28. The fourth-order valence-corrected chi connectivity index (χ4v) is 4.04. The van der Waals surface area contributed by atoms with Gasteiger partial charge in [-0.2, -0.15) is 0 Å². The molecule has 6 heteroatoms. The molecule has 112 valence electrons. The molecule has 0 aromatic heterocycles. The van der Waals surface area contributed by atoms with Gasteiger partial charge in [0.25, 0.3) is 0 Å². The van der Waals surface area contributed by atoms with Crippen molar-refractivity contribution >= 4 is 59.4 Å². The van der Waals surface area contributed by atoms with Crippen LogP contribution in [0.3, 0.4) is 0 Å². The first kappa shape index (κ1) is 17.1. The van der Waals surface area contributed by atoms with Gasteiger partial charge in [-0.15, -0.1) is 11.6 Å². The molecule has 2 nitrogen and oxygen atoms in total. The zero-order valence-electron chi connectivity index (χ0n) is 11.1. The maximum atomic E-state index is 5.88. The van der Waals surface area contributed by atoms with E-state index in [0.29, 0.717) is 12.5 Å². The number of halogens is 4. The van der Waals surface area contributed by atoms with Crippen molar-refractivity contribution in [1.82, 2.24) is 0 Å². The van der Waals surface area contributed by atoms with Crippen LogP contribution in [0.25, 0.3) is 0 Å². The Morgan fingerprint density at radius 2 is 1.57 bits per heavy atom. The van der Waals surface area contributed by atoms with E-state index in [1.165, 1.54) is 0 Å². The van der Waals surface area contributed by atoms with E-state index in [2.05, 4.69) is 47.8 Å². The van der Waals surface area contributed by atoms with Crippen LogP contribution in [0.5, 0.6) is 11.5 Å². The molecule has 0 amide bonds. The largest absolute Gasteiger partial charge is 0.496 e. The SMILES string of the molecule is COc1ccc(COc2c(Br)cc(CCl)cc2Br)cc1Br. The number of rotatable bonds is 5. The third-order valence-electron chi connectivity index (χ3n) is 2.81. The normalized spacial score (nSPS) is 10.5. The van der Waals surface area contributed by atoms with E-state index in [9.17, 15) is 0 Å². The average Bonchev–Trinajstić information content (AvgIpc) is 2.46. The number of hydrogen-bond acceptors (Lipinski definition) is 2. The van der Waals surface area contributed by atoms with Crippen LogP contribution in [0.2, 0.25) is 0 Å². The fraction of sp³-hybridized carbons (Fsp3) is 0.200. The van der Waals surface area contributed by atoms with Gasteiger partial charge in [0.2, 0.25) is 0 Å². The van der Waals surface area contributed by atoms with Gasteiger partial charge in [-0.25, -0.2) is 0 Å². The molecule has 0 aliphatic heterocycles. The van der Waals surface area contributed by atoms with E-state index < -0.39 is 0 Å². The maximum absolute atomic E-state index is 5.88. The Hall–Kier alpha value is -0.230. The summed E-state index contributed by atoms with van der Waals surface area (Å²) in [6.45, 7) is 0.458. The predicted octanol–water partition coefficient (Wildman–Crippen LogP) is 6.30. The maximum Gasteiger partial charge on any atom is 0.148 e. The van der Waals surface area contributed by atoms with Crippen LogP contribution in [-0.4, -0.2) is 7.11 Å². The third-order valence-corrected chi connectivity index (χ3v) is 4.92. The zero-order valence-corrected chi connectivity index (χ0v) is 16.6. The van der Waals surface area contributed by atoms with Crippen LogP contribution in [0.1, 0.15) is 11.1 Å². The fourth-order valence-electron chi connectivity index (χ4n) is 1.78. The lowest BCUT2D eigenvalue weighted by atomic mass is 10.2. The molecule has 0 atom stereocenters. The van der Waals surface area contributed by atoms with Crippen molar-refractivity contribution in [3.63, 3.8) is 0 Å². The van der Waals surface area contributed by atoms with E-state index in [1.807, 2.05) is 30.3 Å². The van der Waals surface area contributed by atoms with Crippen LogP contribution < -0.4 is 9.47 Å². The Balaban J connectivity index is 2.15. The summed E-state index contributed by atoms with van der Waals surface area (Å²) < 4.78 is 13.7. The minimum Gasteiger partial charge on any atom is -0.496 e. The zero-order chi connectivity index (χ0) is 15.4. The van der Waals surface area contributed by atoms with Crippen molar-refractivity contribution in [1.29, 1.82) is 0 Å². The molecule has 2 rings (SSSR count). The van der Waals surface area contributed by atoms with Gasteiger partial charge in [0.1, 0.15) is 18.1 Å². The molecule has 2 aromatic rings. The molecule has 0 N–H and O–H groups in total. The molecule has 0 spiro atoms. The third kappa shape index (κ3) is 4.38. The van der Waals surface area contributed by atoms with Crippen LogP contribution in [-0.2, 0) is 12.5 Å². The standard InChI is InChI=1S/C15H12Br3ClO2/c1-20-14-3-2-9(4-11(14)16)8-21-15-12(17)5-10(7-19)6-13(15)18/h2-6H,7-8H2,1H3. The number of benzene rings is 2. The molecule has 0 aliphatic rings. The van der Waals surface area contributed by atoms with E-state index in [4.69, 9.17) is 21.1 Å². The van der Waals surface area contributed by atoms with Gasteiger partial charge in [0.15, 0.2) is 0 Å². The molecule has 0 saturated heterocycles. The molecule has 0 fully saturated rings. The molecule has 0 saturated carbocycles. The van der Waals surface area contributed by atoms with Crippen molar-refractivity contribution in [3.05, 3.63) is 54.9 Å². The minimum atomic E-state index is 0.458. The quantitative estimate of drug-likeness (QED) is 0.450. The Morgan fingerprint density at radius 3 is 2.10 bits per heavy atom. The Bertz CT molecular complexity index is 624. The van der Waals surface area contributed by atoms with Crippen molar-refractivity contribution in [3.8, 4) is 11.5 Å². The molecule has 0 heterocycles. The van der Waals surface area contributed by atoms with Crippen molar-refractivity contribution < 1.29 is 9.47 Å². The first-order chi connectivity index (χ1) is 10.0. The highest BCUT2D eigenvalue weighted by atomic mass is 79.9. The Kier molecular flexibility index (Phi) is 6.41. The summed E-state index contributed by atoms with van der Waals surface area (Å²) in [6, 6.07) is 9.77. The molecule has 0 bridgehead atoms. The second kappa shape index (κ2) is 7.86. The number of hydrogen-bond donors (Lipinski definition) is 0. The number of ether oxygens (including phenoxy) is 2. The summed E-state index contributed by atoms with van der Waals surface area (Å²) in [5, 5.41) is 0. The molecule has 0 aliphatic carbocycles. The summed E-state index contributed by atoms with van der Waals surface area (Å²) in [7, 11) is 1.64. The van der Waals surface area contributed by atoms with Crippen molar-refractivity contribution in [2.45, 2.75) is 12.5 Å². The average molecular weight is 499 g/mol. The van der Waals surface area contributed by atoms with Gasteiger partial charge in [-0.3, -0.25) is 0 Å². The minimum absolute atomic E-state index is 0.458. The van der Waals surface area contributed by atoms with Crippen LogP contribution in [0.4, 0.5) is 0 Å². The van der Waals surface area contributed by atoms with Gasteiger partial charge in [-0.1, -0.05) is 6.07 Å². The lowest BCUT2D eigenvalue weighted by Gasteiger charge is -2.12. The summed E-state index contributed by atoms with van der Waals surface area (Å²) in [4.78, 5) is 0. The molecule has 2 aromatic carbocycles. The van der Waals surface area contributed by atoms with E-state index >= 15 is 0 Å². The molecular weight excluding hydrogens is 487 g/mol. The Labute approximate surface area is 154 Å². The van der Waals surface area contributed by atoms with Crippen molar-refractivity contribution in [2.24, 2.45) is 0 Å². The highest BCUT2D eigenvalue weighted by Gasteiger charge is 2.10. The van der Waals surface area contributed by atoms with Gasteiger partial charge in [0.05, 0.1) is 20.5 Å². The molecule has 21 heavy (non-hydrogen) atoms. The second-order valence-corrected chi connectivity index (χ2v) is 7.11. The Morgan fingerprint density at radius 1 is 0.952 bits per heavy atom. The smallest absolute Gasteiger partial charge is 0.148 e. The first-order valence-corrected chi connectivity index (χ1v) is 8.95. The molecule has 0 unspecified atom stereocenters.